The van der Waals surface area contributed by atoms with Gasteiger partial charge >= 0.3 is 0 Å². The third-order valence-electron chi connectivity index (χ3n) is 4.04. The van der Waals surface area contributed by atoms with Crippen LogP contribution in [0, 0.1) is 0 Å². The minimum absolute atomic E-state index is 0.704. The number of fused-ring (bicyclic) bond motifs is 2. The van der Waals surface area contributed by atoms with Gasteiger partial charge in [-0.2, -0.15) is 0 Å². The molecule has 0 aromatic heterocycles. The molecule has 1 fully saturated rings. The number of anilines is 2. The van der Waals surface area contributed by atoms with Crippen LogP contribution in [0.1, 0.15) is 19.4 Å². The maximum Gasteiger partial charge on any atom is 0.138 e. The second kappa shape index (κ2) is 7.69. The van der Waals surface area contributed by atoms with Crippen LogP contribution in [-0.4, -0.2) is 36.9 Å². The molecule has 2 aliphatic rings. The summed E-state index contributed by atoms with van der Waals surface area (Å²) in [5.74, 6) is 1.02. The summed E-state index contributed by atoms with van der Waals surface area (Å²) < 4.78 is 0. The lowest BCUT2D eigenvalue weighted by molar-refractivity contribution is 0.358. The fourth-order valence-electron chi connectivity index (χ4n) is 2.93. The number of halogens is 1. The van der Waals surface area contributed by atoms with Crippen molar-refractivity contribution < 1.29 is 0 Å². The molecule has 0 radical (unpaired) electrons. The summed E-state index contributed by atoms with van der Waals surface area (Å²) in [6.45, 7) is 7.89. The lowest BCUT2D eigenvalue weighted by atomic mass is 10.1. The first-order chi connectivity index (χ1) is 11.8. The number of hydrogen-bond donors (Lipinski definition) is 2. The van der Waals surface area contributed by atoms with Crippen LogP contribution in [0.15, 0.2) is 47.5 Å². The van der Waals surface area contributed by atoms with Gasteiger partial charge in [0.15, 0.2) is 0 Å². The highest BCUT2D eigenvalue weighted by Crippen LogP contribution is 2.36. The maximum absolute atomic E-state index is 6.15. The summed E-state index contributed by atoms with van der Waals surface area (Å²) in [5, 5.41) is 7.58. The van der Waals surface area contributed by atoms with Crippen LogP contribution in [0.25, 0.3) is 0 Å². The van der Waals surface area contributed by atoms with E-state index >= 15 is 0 Å². The number of rotatable bonds is 0. The van der Waals surface area contributed by atoms with E-state index in [1.807, 2.05) is 38.1 Å². The van der Waals surface area contributed by atoms with Gasteiger partial charge in [0.05, 0.1) is 11.4 Å². The molecule has 0 spiro atoms. The number of aliphatic imine (C=N–C) groups is 1. The minimum Gasteiger partial charge on any atom is -0.353 e. The normalized spacial score (nSPS) is 15.8. The Kier molecular flexibility index (Phi) is 5.38. The van der Waals surface area contributed by atoms with Crippen molar-refractivity contribution >= 4 is 34.5 Å². The van der Waals surface area contributed by atoms with E-state index < -0.39 is 0 Å². The first-order valence-corrected chi connectivity index (χ1v) is 8.89. The van der Waals surface area contributed by atoms with E-state index in [4.69, 9.17) is 16.6 Å². The van der Waals surface area contributed by atoms with Gasteiger partial charge in [0.25, 0.3) is 0 Å². The zero-order valence-corrected chi connectivity index (χ0v) is 14.9. The highest BCUT2D eigenvalue weighted by molar-refractivity contribution is 6.31. The summed E-state index contributed by atoms with van der Waals surface area (Å²) in [4.78, 5) is 7.27. The number of benzene rings is 2. The van der Waals surface area contributed by atoms with Gasteiger partial charge in [-0.1, -0.05) is 37.6 Å². The number of nitrogens with zero attached hydrogens (tertiary/aromatic N) is 2. The Labute approximate surface area is 148 Å². The molecule has 0 atom stereocenters. The summed E-state index contributed by atoms with van der Waals surface area (Å²) in [6.07, 6.45) is 0. The van der Waals surface area contributed by atoms with Gasteiger partial charge in [0.2, 0.25) is 0 Å². The first kappa shape index (κ1) is 16.8. The van der Waals surface area contributed by atoms with E-state index in [0.717, 1.165) is 54.6 Å². The molecule has 0 bridgehead atoms. The van der Waals surface area contributed by atoms with Crippen molar-refractivity contribution in [3.05, 3.63) is 53.1 Å². The Morgan fingerprint density at radius 1 is 1.00 bits per heavy atom. The van der Waals surface area contributed by atoms with E-state index in [2.05, 4.69) is 33.7 Å². The predicted molar refractivity (Wildman–Crippen MR) is 103 cm³/mol. The van der Waals surface area contributed by atoms with Crippen LogP contribution in [0.5, 0.6) is 0 Å². The van der Waals surface area contributed by atoms with Gasteiger partial charge in [0, 0.05) is 42.5 Å². The smallest absolute Gasteiger partial charge is 0.138 e. The summed E-state index contributed by atoms with van der Waals surface area (Å²) >= 11 is 6.15. The standard InChI is InChI=1S/C17H17ClN4.C2H6/c18-12-5-6-15-16(11-12)21-17(22-9-7-19-8-10-22)13-3-1-2-4-14(13)20-15;1-2/h1-6,11,19-20H,7-10H2;1-2H3. The highest BCUT2D eigenvalue weighted by atomic mass is 35.5. The minimum atomic E-state index is 0.704. The number of amidine groups is 1. The quantitative estimate of drug-likeness (QED) is 0.745. The van der Waals surface area contributed by atoms with Crippen LogP contribution in [0.4, 0.5) is 17.1 Å². The SMILES string of the molecule is CC.Clc1ccc2c(c1)N=C(N1CCNCC1)c1ccccc1N2. The van der Waals surface area contributed by atoms with E-state index in [1.54, 1.807) is 0 Å². The van der Waals surface area contributed by atoms with Crippen LogP contribution in [-0.2, 0) is 0 Å². The molecule has 24 heavy (non-hydrogen) atoms. The van der Waals surface area contributed by atoms with Crippen molar-refractivity contribution in [2.45, 2.75) is 13.8 Å². The fraction of sp³-hybridized carbons (Fsp3) is 0.316. The molecule has 2 aliphatic heterocycles. The number of nitrogens with one attached hydrogen (secondary N) is 2. The van der Waals surface area contributed by atoms with Gasteiger partial charge in [-0.05, 0) is 30.3 Å². The van der Waals surface area contributed by atoms with Crippen molar-refractivity contribution in [2.75, 3.05) is 31.5 Å². The van der Waals surface area contributed by atoms with E-state index in [0.29, 0.717) is 5.02 Å². The Morgan fingerprint density at radius 3 is 2.54 bits per heavy atom. The van der Waals surface area contributed by atoms with Crippen molar-refractivity contribution in [1.29, 1.82) is 0 Å². The van der Waals surface area contributed by atoms with Gasteiger partial charge in [-0.15, -0.1) is 0 Å². The van der Waals surface area contributed by atoms with E-state index in [-0.39, 0.29) is 0 Å². The molecule has 2 N–H and O–H groups in total. The van der Waals surface area contributed by atoms with E-state index in [9.17, 15) is 0 Å². The summed E-state index contributed by atoms with van der Waals surface area (Å²) in [7, 11) is 0. The van der Waals surface area contributed by atoms with Crippen molar-refractivity contribution in [3.8, 4) is 0 Å². The lowest BCUT2D eigenvalue weighted by Gasteiger charge is -2.30. The third kappa shape index (κ3) is 3.40. The average molecular weight is 343 g/mol. The van der Waals surface area contributed by atoms with Crippen LogP contribution < -0.4 is 10.6 Å². The summed E-state index contributed by atoms with van der Waals surface area (Å²) in [5.41, 5.74) is 4.09. The van der Waals surface area contributed by atoms with Crippen LogP contribution in [0.2, 0.25) is 5.02 Å². The Hall–Kier alpha value is -2.04. The number of hydrogen-bond acceptors (Lipinski definition) is 4. The molecular weight excluding hydrogens is 320 g/mol. The monoisotopic (exact) mass is 342 g/mol. The van der Waals surface area contributed by atoms with Gasteiger partial charge in [-0.3, -0.25) is 0 Å². The number of piperazine rings is 1. The molecule has 0 aliphatic carbocycles. The second-order valence-corrected chi connectivity index (χ2v) is 5.94. The molecule has 0 saturated carbocycles. The molecule has 2 heterocycles. The third-order valence-corrected chi connectivity index (χ3v) is 4.28. The van der Waals surface area contributed by atoms with Crippen LogP contribution in [0.3, 0.4) is 0 Å². The Morgan fingerprint density at radius 2 is 1.75 bits per heavy atom. The van der Waals surface area contributed by atoms with Crippen LogP contribution >= 0.6 is 11.6 Å². The maximum atomic E-state index is 6.15. The molecule has 1 saturated heterocycles. The molecular formula is C19H23ClN4. The molecule has 0 unspecified atom stereocenters. The molecule has 126 valence electrons. The largest absolute Gasteiger partial charge is 0.353 e. The zero-order chi connectivity index (χ0) is 16.9. The number of para-hydroxylation sites is 1. The van der Waals surface area contributed by atoms with Crippen molar-refractivity contribution in [3.63, 3.8) is 0 Å². The van der Waals surface area contributed by atoms with E-state index in [1.165, 1.54) is 0 Å². The highest BCUT2D eigenvalue weighted by Gasteiger charge is 2.22. The Bertz CT molecular complexity index is 736. The fourth-order valence-corrected chi connectivity index (χ4v) is 3.09. The topological polar surface area (TPSA) is 39.7 Å². The van der Waals surface area contributed by atoms with Gasteiger partial charge in [0.1, 0.15) is 5.84 Å². The molecule has 2 aromatic carbocycles. The predicted octanol–water partition coefficient (Wildman–Crippen LogP) is 4.41. The summed E-state index contributed by atoms with van der Waals surface area (Å²) in [6, 6.07) is 14.1. The Balaban J connectivity index is 0.000000815. The van der Waals surface area contributed by atoms with Crippen molar-refractivity contribution in [2.24, 2.45) is 4.99 Å². The molecule has 0 amide bonds. The average Bonchev–Trinajstić information content (AvgIpc) is 2.80. The first-order valence-electron chi connectivity index (χ1n) is 8.51. The molecule has 4 nitrogen and oxygen atoms in total. The molecule has 4 rings (SSSR count). The second-order valence-electron chi connectivity index (χ2n) is 5.50. The van der Waals surface area contributed by atoms with Gasteiger partial charge < -0.3 is 15.5 Å². The zero-order valence-electron chi connectivity index (χ0n) is 14.1. The molecule has 5 heteroatoms. The van der Waals surface area contributed by atoms with Gasteiger partial charge in [-0.25, -0.2) is 4.99 Å². The van der Waals surface area contributed by atoms with Crippen molar-refractivity contribution in [1.82, 2.24) is 10.2 Å². The molecule has 2 aromatic rings. The lowest BCUT2D eigenvalue weighted by Crippen LogP contribution is -2.46.